The lowest BCUT2D eigenvalue weighted by Gasteiger charge is -2.34. The SMILES string of the molecule is CC(=O)NCC1CN(c2ccc(C(F)(F)F)cn2)c2cccnc2O1. The molecule has 132 valence electrons. The maximum atomic E-state index is 12.7. The summed E-state index contributed by atoms with van der Waals surface area (Å²) in [5.41, 5.74) is -0.209. The summed E-state index contributed by atoms with van der Waals surface area (Å²) in [7, 11) is 0. The van der Waals surface area contributed by atoms with Crippen LogP contribution in [0.5, 0.6) is 5.88 Å². The smallest absolute Gasteiger partial charge is 0.417 e. The zero-order chi connectivity index (χ0) is 18.0. The van der Waals surface area contributed by atoms with Gasteiger partial charge in [0, 0.05) is 19.3 Å². The summed E-state index contributed by atoms with van der Waals surface area (Å²) in [4.78, 5) is 20.9. The van der Waals surface area contributed by atoms with E-state index in [1.54, 1.807) is 23.2 Å². The van der Waals surface area contributed by atoms with Crippen LogP contribution >= 0.6 is 0 Å². The van der Waals surface area contributed by atoms with E-state index in [1.807, 2.05) is 0 Å². The summed E-state index contributed by atoms with van der Waals surface area (Å²) < 4.78 is 43.9. The predicted octanol–water partition coefficient (Wildman–Crippen LogP) is 2.53. The Kier molecular flexibility index (Phi) is 4.47. The first-order valence-corrected chi connectivity index (χ1v) is 7.51. The van der Waals surface area contributed by atoms with Crippen LogP contribution < -0.4 is 15.0 Å². The van der Waals surface area contributed by atoms with Crippen LogP contribution in [-0.4, -0.2) is 35.1 Å². The van der Waals surface area contributed by atoms with Crippen LogP contribution in [0.25, 0.3) is 0 Å². The first-order chi connectivity index (χ1) is 11.8. The number of alkyl halides is 3. The molecule has 0 saturated carbocycles. The van der Waals surface area contributed by atoms with Gasteiger partial charge in [-0.2, -0.15) is 13.2 Å². The number of aromatic nitrogens is 2. The molecule has 1 aliphatic heterocycles. The highest BCUT2D eigenvalue weighted by molar-refractivity contribution is 5.73. The molecule has 0 aliphatic carbocycles. The quantitative estimate of drug-likeness (QED) is 0.919. The molecule has 0 radical (unpaired) electrons. The Morgan fingerprint density at radius 1 is 1.36 bits per heavy atom. The second kappa shape index (κ2) is 6.58. The average Bonchev–Trinajstić information content (AvgIpc) is 2.58. The summed E-state index contributed by atoms with van der Waals surface area (Å²) in [6.07, 6.45) is -2.50. The second-order valence-corrected chi connectivity index (χ2v) is 5.52. The molecule has 0 fully saturated rings. The normalized spacial score (nSPS) is 16.8. The fraction of sp³-hybridized carbons (Fsp3) is 0.312. The van der Waals surface area contributed by atoms with Crippen molar-refractivity contribution in [3.8, 4) is 5.88 Å². The van der Waals surface area contributed by atoms with Gasteiger partial charge in [0.2, 0.25) is 11.8 Å². The van der Waals surface area contributed by atoms with Gasteiger partial charge < -0.3 is 15.0 Å². The van der Waals surface area contributed by atoms with E-state index in [9.17, 15) is 18.0 Å². The van der Waals surface area contributed by atoms with Gasteiger partial charge in [0.1, 0.15) is 17.6 Å². The van der Waals surface area contributed by atoms with Crippen LogP contribution in [0.1, 0.15) is 12.5 Å². The van der Waals surface area contributed by atoms with Gasteiger partial charge in [0.15, 0.2) is 0 Å². The van der Waals surface area contributed by atoms with Gasteiger partial charge >= 0.3 is 6.18 Å². The van der Waals surface area contributed by atoms with E-state index in [0.29, 0.717) is 23.9 Å². The summed E-state index contributed by atoms with van der Waals surface area (Å²) in [5.74, 6) is 0.485. The number of hydrogen-bond acceptors (Lipinski definition) is 5. The van der Waals surface area contributed by atoms with Gasteiger partial charge in [-0.3, -0.25) is 4.79 Å². The zero-order valence-corrected chi connectivity index (χ0v) is 13.2. The van der Waals surface area contributed by atoms with Crippen LogP contribution in [0.15, 0.2) is 36.7 Å². The molecule has 3 rings (SSSR count). The van der Waals surface area contributed by atoms with Crippen molar-refractivity contribution in [3.63, 3.8) is 0 Å². The minimum atomic E-state index is -4.44. The Labute approximate surface area is 141 Å². The van der Waals surface area contributed by atoms with Gasteiger partial charge in [0.25, 0.3) is 0 Å². The molecule has 0 bridgehead atoms. The van der Waals surface area contributed by atoms with Crippen LogP contribution in [-0.2, 0) is 11.0 Å². The molecule has 2 aromatic heterocycles. The number of carbonyl (C=O) groups excluding carboxylic acids is 1. The summed E-state index contributed by atoms with van der Waals surface area (Å²) in [6.45, 7) is 1.96. The highest BCUT2D eigenvalue weighted by atomic mass is 19.4. The molecule has 6 nitrogen and oxygen atoms in total. The molecular weight excluding hydrogens is 337 g/mol. The third kappa shape index (κ3) is 3.81. The van der Waals surface area contributed by atoms with Gasteiger partial charge in [-0.25, -0.2) is 9.97 Å². The maximum absolute atomic E-state index is 12.7. The van der Waals surface area contributed by atoms with Gasteiger partial charge in [-0.15, -0.1) is 0 Å². The molecule has 0 spiro atoms. The number of carbonyl (C=O) groups is 1. The highest BCUT2D eigenvalue weighted by Crippen LogP contribution is 2.36. The fourth-order valence-electron chi connectivity index (χ4n) is 2.47. The van der Waals surface area contributed by atoms with E-state index in [2.05, 4.69) is 15.3 Å². The lowest BCUT2D eigenvalue weighted by atomic mass is 10.2. The number of halogens is 3. The number of fused-ring (bicyclic) bond motifs is 1. The van der Waals surface area contributed by atoms with E-state index in [-0.39, 0.29) is 12.5 Å². The van der Waals surface area contributed by atoms with E-state index in [4.69, 9.17) is 4.74 Å². The Morgan fingerprint density at radius 2 is 2.16 bits per heavy atom. The third-order valence-corrected chi connectivity index (χ3v) is 3.64. The lowest BCUT2D eigenvalue weighted by Crippen LogP contribution is -2.44. The molecule has 1 aliphatic rings. The number of hydrogen-bond donors (Lipinski definition) is 1. The molecule has 0 aromatic carbocycles. The standard InChI is InChI=1S/C16H15F3N4O2/c1-10(24)21-8-12-9-23(13-3-2-6-20-15(13)25-12)14-5-4-11(7-22-14)16(17,18)19/h2-7,12H,8-9H2,1H3,(H,21,24). The predicted molar refractivity (Wildman–Crippen MR) is 83.6 cm³/mol. The number of nitrogens with one attached hydrogen (secondary N) is 1. The van der Waals surface area contributed by atoms with Gasteiger partial charge in [-0.1, -0.05) is 0 Å². The molecule has 9 heteroatoms. The Hall–Kier alpha value is -2.84. The van der Waals surface area contributed by atoms with Gasteiger partial charge in [-0.05, 0) is 24.3 Å². The van der Waals surface area contributed by atoms with E-state index >= 15 is 0 Å². The molecule has 1 amide bonds. The number of anilines is 2. The molecule has 3 heterocycles. The Morgan fingerprint density at radius 3 is 2.80 bits per heavy atom. The molecule has 1 N–H and O–H groups in total. The monoisotopic (exact) mass is 352 g/mol. The minimum Gasteiger partial charge on any atom is -0.469 e. The van der Waals surface area contributed by atoms with Gasteiger partial charge in [0.05, 0.1) is 18.7 Å². The molecule has 1 atom stereocenters. The Balaban J connectivity index is 1.89. The summed E-state index contributed by atoms with van der Waals surface area (Å²) in [5, 5.41) is 2.66. The van der Waals surface area contributed by atoms with Crippen LogP contribution in [0, 0.1) is 0 Å². The molecule has 0 saturated heterocycles. The van der Waals surface area contributed by atoms with Crippen LogP contribution in [0.2, 0.25) is 0 Å². The molecule has 1 unspecified atom stereocenters. The van der Waals surface area contributed by atoms with Crippen molar-refractivity contribution >= 4 is 17.4 Å². The summed E-state index contributed by atoms with van der Waals surface area (Å²) >= 11 is 0. The first-order valence-electron chi connectivity index (χ1n) is 7.51. The van der Waals surface area contributed by atoms with Crippen molar-refractivity contribution in [3.05, 3.63) is 42.2 Å². The molecule has 25 heavy (non-hydrogen) atoms. The van der Waals surface area contributed by atoms with E-state index in [0.717, 1.165) is 12.3 Å². The van der Waals surface area contributed by atoms with Crippen molar-refractivity contribution in [1.29, 1.82) is 0 Å². The van der Waals surface area contributed by atoms with Crippen molar-refractivity contribution < 1.29 is 22.7 Å². The van der Waals surface area contributed by atoms with Crippen molar-refractivity contribution in [1.82, 2.24) is 15.3 Å². The number of amides is 1. The zero-order valence-electron chi connectivity index (χ0n) is 13.2. The van der Waals surface area contributed by atoms with E-state index < -0.39 is 17.8 Å². The minimum absolute atomic E-state index is 0.199. The van der Waals surface area contributed by atoms with E-state index in [1.165, 1.54) is 13.0 Å². The van der Waals surface area contributed by atoms with Crippen molar-refractivity contribution in [2.45, 2.75) is 19.2 Å². The molecule has 2 aromatic rings. The average molecular weight is 352 g/mol. The second-order valence-electron chi connectivity index (χ2n) is 5.52. The topological polar surface area (TPSA) is 67.4 Å². The molecular formula is C16H15F3N4O2. The number of pyridine rings is 2. The largest absolute Gasteiger partial charge is 0.469 e. The Bertz CT molecular complexity index is 765. The summed E-state index contributed by atoms with van der Waals surface area (Å²) in [6, 6.07) is 5.74. The number of ether oxygens (including phenoxy) is 1. The van der Waals surface area contributed by atoms with Crippen molar-refractivity contribution in [2.24, 2.45) is 0 Å². The fourth-order valence-corrected chi connectivity index (χ4v) is 2.47. The number of nitrogens with zero attached hydrogens (tertiary/aromatic N) is 3. The maximum Gasteiger partial charge on any atom is 0.417 e. The first kappa shape index (κ1) is 17.0. The highest BCUT2D eigenvalue weighted by Gasteiger charge is 2.32. The van der Waals surface area contributed by atoms with Crippen LogP contribution in [0.3, 0.4) is 0 Å². The van der Waals surface area contributed by atoms with Crippen LogP contribution in [0.4, 0.5) is 24.7 Å². The lowest BCUT2D eigenvalue weighted by molar-refractivity contribution is -0.137. The third-order valence-electron chi connectivity index (χ3n) is 3.64. The van der Waals surface area contributed by atoms with Crippen molar-refractivity contribution in [2.75, 3.05) is 18.0 Å². The number of rotatable bonds is 3.